The average molecular weight is 432 g/mol. The van der Waals surface area contributed by atoms with Crippen LogP contribution in [0.2, 0.25) is 0 Å². The molecule has 2 amide bonds. The number of hydrogen-bond acceptors (Lipinski definition) is 6. The summed E-state index contributed by atoms with van der Waals surface area (Å²) in [5.74, 6) is 0.850. The molecule has 0 aromatic heterocycles. The normalized spacial score (nSPS) is 20.9. The zero-order chi connectivity index (χ0) is 22.2. The lowest BCUT2D eigenvalue weighted by atomic mass is 9.97. The van der Waals surface area contributed by atoms with Gasteiger partial charge in [0.15, 0.2) is 0 Å². The zero-order valence-corrected chi connectivity index (χ0v) is 19.2. The summed E-state index contributed by atoms with van der Waals surface area (Å²) >= 11 is 0. The molecule has 1 atom stereocenters. The molecule has 0 aliphatic carbocycles. The van der Waals surface area contributed by atoms with Gasteiger partial charge in [-0.1, -0.05) is 6.07 Å². The highest BCUT2D eigenvalue weighted by molar-refractivity contribution is 5.96. The van der Waals surface area contributed by atoms with Crippen LogP contribution in [0.3, 0.4) is 0 Å². The molecule has 0 unspecified atom stereocenters. The van der Waals surface area contributed by atoms with E-state index in [-0.39, 0.29) is 18.4 Å². The van der Waals surface area contributed by atoms with E-state index in [1.807, 2.05) is 25.1 Å². The van der Waals surface area contributed by atoms with Gasteiger partial charge >= 0.3 is 0 Å². The van der Waals surface area contributed by atoms with Gasteiger partial charge in [0.2, 0.25) is 11.8 Å². The minimum atomic E-state index is -0.260. The van der Waals surface area contributed by atoms with Crippen molar-refractivity contribution < 1.29 is 14.3 Å². The Bertz CT molecular complexity index is 749. The monoisotopic (exact) mass is 431 g/mol. The second-order valence-electron chi connectivity index (χ2n) is 8.88. The van der Waals surface area contributed by atoms with E-state index >= 15 is 0 Å². The van der Waals surface area contributed by atoms with Gasteiger partial charge in [-0.25, -0.2) is 0 Å². The van der Waals surface area contributed by atoms with Crippen molar-refractivity contribution in [2.75, 3.05) is 78.4 Å². The fourth-order valence-electron chi connectivity index (χ4n) is 4.39. The molecule has 8 heteroatoms. The molecule has 3 rings (SSSR count). The standard InChI is InChI=1S/C23H37N5O3/c1-18-6-7-21(31-3)20(13-18)25-22(29)14-24-23(30)17-28-8-4-5-19(16-28)15-27-11-9-26(2)10-12-27/h6-7,13,19H,4-5,8-12,14-17H2,1-3H3,(H,24,30)(H,25,29)/t19-/m0/s1. The Morgan fingerprint density at radius 1 is 1.10 bits per heavy atom. The Labute approximate surface area is 185 Å². The van der Waals surface area contributed by atoms with Crippen molar-refractivity contribution >= 4 is 17.5 Å². The van der Waals surface area contributed by atoms with Crippen LogP contribution in [0.25, 0.3) is 0 Å². The van der Waals surface area contributed by atoms with E-state index in [0.717, 1.165) is 57.8 Å². The van der Waals surface area contributed by atoms with Crippen LogP contribution in [-0.2, 0) is 9.59 Å². The molecule has 0 saturated carbocycles. The molecule has 0 bridgehead atoms. The van der Waals surface area contributed by atoms with Gasteiger partial charge < -0.3 is 25.2 Å². The lowest BCUT2D eigenvalue weighted by Gasteiger charge is -2.38. The fourth-order valence-corrected chi connectivity index (χ4v) is 4.39. The topological polar surface area (TPSA) is 77.1 Å². The summed E-state index contributed by atoms with van der Waals surface area (Å²) in [6.07, 6.45) is 2.35. The van der Waals surface area contributed by atoms with Crippen molar-refractivity contribution in [1.29, 1.82) is 0 Å². The van der Waals surface area contributed by atoms with E-state index in [1.54, 1.807) is 7.11 Å². The van der Waals surface area contributed by atoms with Crippen molar-refractivity contribution in [3.8, 4) is 5.75 Å². The molecule has 8 nitrogen and oxygen atoms in total. The smallest absolute Gasteiger partial charge is 0.243 e. The molecule has 0 spiro atoms. The second kappa shape index (κ2) is 11.5. The number of carbonyl (C=O) groups is 2. The SMILES string of the molecule is COc1ccc(C)cc1NC(=O)CNC(=O)CN1CCC[C@@H](CN2CCN(C)CC2)C1. The number of rotatable bonds is 8. The Hall–Kier alpha value is -2.16. The fraction of sp³-hybridized carbons (Fsp3) is 0.652. The number of carbonyl (C=O) groups excluding carboxylic acids is 2. The van der Waals surface area contributed by atoms with Crippen molar-refractivity contribution in [3.63, 3.8) is 0 Å². The average Bonchev–Trinajstić information content (AvgIpc) is 2.74. The lowest BCUT2D eigenvalue weighted by molar-refractivity contribution is -0.125. The summed E-state index contributed by atoms with van der Waals surface area (Å²) in [4.78, 5) is 31.8. The lowest BCUT2D eigenvalue weighted by Crippen LogP contribution is -2.49. The summed E-state index contributed by atoms with van der Waals surface area (Å²) in [7, 11) is 3.74. The van der Waals surface area contributed by atoms with E-state index in [2.05, 4.69) is 32.4 Å². The van der Waals surface area contributed by atoms with Crippen LogP contribution in [0.4, 0.5) is 5.69 Å². The van der Waals surface area contributed by atoms with Crippen molar-refractivity contribution in [2.24, 2.45) is 5.92 Å². The van der Waals surface area contributed by atoms with Crippen LogP contribution >= 0.6 is 0 Å². The highest BCUT2D eigenvalue weighted by Gasteiger charge is 2.25. The van der Waals surface area contributed by atoms with Gasteiger partial charge in [-0.05, 0) is 57.0 Å². The van der Waals surface area contributed by atoms with E-state index in [9.17, 15) is 9.59 Å². The number of likely N-dealkylation sites (tertiary alicyclic amines) is 1. The highest BCUT2D eigenvalue weighted by atomic mass is 16.5. The third kappa shape index (κ3) is 7.48. The minimum Gasteiger partial charge on any atom is -0.495 e. The maximum Gasteiger partial charge on any atom is 0.243 e. The molecular weight excluding hydrogens is 394 g/mol. The van der Waals surface area contributed by atoms with Crippen LogP contribution in [0.5, 0.6) is 5.75 Å². The van der Waals surface area contributed by atoms with Crippen LogP contribution in [0.15, 0.2) is 18.2 Å². The maximum atomic E-state index is 12.4. The van der Waals surface area contributed by atoms with Crippen molar-refractivity contribution in [2.45, 2.75) is 19.8 Å². The molecule has 2 aliphatic heterocycles. The maximum absolute atomic E-state index is 12.4. The first-order valence-electron chi connectivity index (χ1n) is 11.3. The molecule has 2 fully saturated rings. The number of amides is 2. The first kappa shape index (κ1) is 23.5. The number of aryl methyl sites for hydroxylation is 1. The van der Waals surface area contributed by atoms with Crippen molar-refractivity contribution in [3.05, 3.63) is 23.8 Å². The summed E-state index contributed by atoms with van der Waals surface area (Å²) in [6, 6.07) is 5.59. The number of nitrogens with one attached hydrogen (secondary N) is 2. The summed E-state index contributed by atoms with van der Waals surface area (Å²) in [6.45, 7) is 9.80. The number of likely N-dealkylation sites (N-methyl/N-ethyl adjacent to an activating group) is 1. The minimum absolute atomic E-state index is 0.0471. The van der Waals surface area contributed by atoms with E-state index < -0.39 is 0 Å². The number of benzene rings is 1. The number of piperidine rings is 1. The van der Waals surface area contributed by atoms with Crippen molar-refractivity contribution in [1.82, 2.24) is 20.0 Å². The Morgan fingerprint density at radius 3 is 2.61 bits per heavy atom. The van der Waals surface area contributed by atoms with Crippen LogP contribution in [0, 0.1) is 12.8 Å². The number of hydrogen-bond donors (Lipinski definition) is 2. The summed E-state index contributed by atoms with van der Waals surface area (Å²) in [5, 5.41) is 5.57. The number of methoxy groups -OCH3 is 1. The first-order valence-corrected chi connectivity index (χ1v) is 11.3. The molecule has 0 radical (unpaired) electrons. The van der Waals surface area contributed by atoms with Gasteiger partial charge in [0.1, 0.15) is 5.75 Å². The quantitative estimate of drug-likeness (QED) is 0.640. The highest BCUT2D eigenvalue weighted by Crippen LogP contribution is 2.25. The van der Waals surface area contributed by atoms with E-state index in [4.69, 9.17) is 4.74 Å². The predicted molar refractivity (Wildman–Crippen MR) is 122 cm³/mol. The Kier molecular flexibility index (Phi) is 8.69. The van der Waals surface area contributed by atoms with Gasteiger partial charge in [0.05, 0.1) is 25.9 Å². The number of anilines is 1. The first-order chi connectivity index (χ1) is 14.9. The molecule has 2 heterocycles. The summed E-state index contributed by atoms with van der Waals surface area (Å²) < 4.78 is 5.28. The molecule has 2 N–H and O–H groups in total. The Morgan fingerprint density at radius 2 is 1.87 bits per heavy atom. The van der Waals surface area contributed by atoms with Gasteiger partial charge in [0.25, 0.3) is 0 Å². The van der Waals surface area contributed by atoms with Gasteiger partial charge in [-0.2, -0.15) is 0 Å². The van der Waals surface area contributed by atoms with Crippen LogP contribution < -0.4 is 15.4 Å². The Balaban J connectivity index is 1.39. The molecule has 172 valence electrons. The molecule has 2 saturated heterocycles. The van der Waals surface area contributed by atoms with E-state index in [0.29, 0.717) is 23.9 Å². The van der Waals surface area contributed by atoms with Crippen LogP contribution in [0.1, 0.15) is 18.4 Å². The second-order valence-corrected chi connectivity index (χ2v) is 8.88. The number of piperazine rings is 1. The molecule has 1 aromatic carbocycles. The summed E-state index contributed by atoms with van der Waals surface area (Å²) in [5.41, 5.74) is 1.64. The number of nitrogens with zero attached hydrogens (tertiary/aromatic N) is 3. The molecular formula is C23H37N5O3. The third-order valence-electron chi connectivity index (χ3n) is 6.16. The van der Waals surface area contributed by atoms with Gasteiger partial charge in [-0.15, -0.1) is 0 Å². The molecule has 1 aromatic rings. The third-order valence-corrected chi connectivity index (χ3v) is 6.16. The van der Waals surface area contributed by atoms with Gasteiger partial charge in [-0.3, -0.25) is 14.5 Å². The molecule has 31 heavy (non-hydrogen) atoms. The van der Waals surface area contributed by atoms with Crippen LogP contribution in [-0.4, -0.2) is 99.6 Å². The zero-order valence-electron chi connectivity index (χ0n) is 19.2. The predicted octanol–water partition coefficient (Wildman–Crippen LogP) is 1.02. The van der Waals surface area contributed by atoms with Gasteiger partial charge in [0, 0.05) is 39.3 Å². The molecule has 2 aliphatic rings. The number of ether oxygens (including phenoxy) is 1. The largest absolute Gasteiger partial charge is 0.495 e. The van der Waals surface area contributed by atoms with E-state index in [1.165, 1.54) is 6.42 Å².